The second-order valence-corrected chi connectivity index (χ2v) is 4.70. The maximum absolute atomic E-state index is 9.12. The third kappa shape index (κ3) is 4.63. The molecule has 1 fully saturated rings. The predicted molar refractivity (Wildman–Crippen MR) is 60.5 cm³/mol. The number of nitrogens with one attached hydrogen (secondary N) is 1. The van der Waals surface area contributed by atoms with E-state index < -0.39 is 5.54 Å². The molecule has 86 valence electrons. The van der Waals surface area contributed by atoms with Crippen molar-refractivity contribution in [2.75, 3.05) is 6.61 Å². The number of hydrogen-bond acceptors (Lipinski definition) is 3. The molecule has 0 bridgehead atoms. The van der Waals surface area contributed by atoms with Crippen LogP contribution in [0.5, 0.6) is 0 Å². The molecule has 1 rings (SSSR count). The zero-order valence-electron chi connectivity index (χ0n) is 10.0. The summed E-state index contributed by atoms with van der Waals surface area (Å²) in [6.45, 7) is 6.80. The first kappa shape index (κ1) is 12.5. The maximum Gasteiger partial charge on any atom is 0.106 e. The Morgan fingerprint density at radius 1 is 1.60 bits per heavy atom. The Morgan fingerprint density at radius 3 is 2.73 bits per heavy atom. The van der Waals surface area contributed by atoms with Crippen molar-refractivity contribution in [3.63, 3.8) is 0 Å². The molecule has 3 heteroatoms. The Morgan fingerprint density at radius 2 is 2.27 bits per heavy atom. The molecule has 1 aliphatic carbocycles. The molecule has 1 N–H and O–H groups in total. The third-order valence-corrected chi connectivity index (χ3v) is 2.93. The fourth-order valence-corrected chi connectivity index (χ4v) is 1.42. The topological polar surface area (TPSA) is 45.0 Å². The molecule has 0 aromatic rings. The largest absolute Gasteiger partial charge is 0.378 e. The van der Waals surface area contributed by atoms with E-state index in [-0.39, 0.29) is 0 Å². The van der Waals surface area contributed by atoms with Gasteiger partial charge in [0.15, 0.2) is 0 Å². The third-order valence-electron chi connectivity index (χ3n) is 2.93. The lowest BCUT2D eigenvalue weighted by molar-refractivity contribution is 0.0534. The summed E-state index contributed by atoms with van der Waals surface area (Å²) in [6, 6.07) is 2.92. The highest BCUT2D eigenvalue weighted by Gasteiger charge is 2.32. The van der Waals surface area contributed by atoms with Gasteiger partial charge in [0, 0.05) is 19.1 Å². The van der Waals surface area contributed by atoms with E-state index in [1.807, 2.05) is 6.92 Å². The molecule has 2 atom stereocenters. The van der Waals surface area contributed by atoms with Crippen molar-refractivity contribution in [2.24, 2.45) is 0 Å². The number of nitriles is 1. The van der Waals surface area contributed by atoms with E-state index in [4.69, 9.17) is 10.00 Å². The van der Waals surface area contributed by atoms with E-state index in [9.17, 15) is 0 Å². The Labute approximate surface area is 92.8 Å². The van der Waals surface area contributed by atoms with E-state index in [2.05, 4.69) is 25.2 Å². The maximum atomic E-state index is 9.12. The molecule has 0 radical (unpaired) electrons. The van der Waals surface area contributed by atoms with Gasteiger partial charge in [0.25, 0.3) is 0 Å². The standard InChI is InChI=1S/C12H22N2O/c1-4-10(2)15-8-7-12(3,9-13)14-11-5-6-11/h10-11,14H,4-8H2,1-3H3. The average molecular weight is 210 g/mol. The minimum absolute atomic E-state index is 0.300. The Bertz CT molecular complexity index is 232. The van der Waals surface area contributed by atoms with Gasteiger partial charge in [-0.15, -0.1) is 0 Å². The smallest absolute Gasteiger partial charge is 0.106 e. The van der Waals surface area contributed by atoms with Crippen molar-refractivity contribution in [3.8, 4) is 6.07 Å². The lowest BCUT2D eigenvalue weighted by atomic mass is 10.0. The number of ether oxygens (including phenoxy) is 1. The van der Waals surface area contributed by atoms with Crippen LogP contribution in [0.1, 0.15) is 46.5 Å². The summed E-state index contributed by atoms with van der Waals surface area (Å²) in [4.78, 5) is 0. The molecular weight excluding hydrogens is 188 g/mol. The molecule has 0 spiro atoms. The molecule has 0 saturated heterocycles. The molecule has 0 amide bonds. The summed E-state index contributed by atoms with van der Waals surface area (Å²) in [5.41, 5.74) is -0.408. The van der Waals surface area contributed by atoms with Crippen molar-refractivity contribution in [2.45, 2.75) is 64.1 Å². The molecule has 0 heterocycles. The minimum Gasteiger partial charge on any atom is -0.378 e. The average Bonchev–Trinajstić information content (AvgIpc) is 3.01. The molecule has 0 aliphatic heterocycles. The second kappa shape index (κ2) is 5.48. The van der Waals surface area contributed by atoms with Gasteiger partial charge in [0.1, 0.15) is 5.54 Å². The molecular formula is C12H22N2O. The van der Waals surface area contributed by atoms with Crippen molar-refractivity contribution in [1.82, 2.24) is 5.32 Å². The lowest BCUT2D eigenvalue weighted by Crippen LogP contribution is -2.43. The first-order valence-corrected chi connectivity index (χ1v) is 5.90. The molecule has 0 aromatic heterocycles. The normalized spacial score (nSPS) is 21.7. The Hall–Kier alpha value is -0.590. The van der Waals surface area contributed by atoms with Crippen molar-refractivity contribution in [3.05, 3.63) is 0 Å². The van der Waals surface area contributed by atoms with E-state index in [1.165, 1.54) is 12.8 Å². The van der Waals surface area contributed by atoms with E-state index >= 15 is 0 Å². The minimum atomic E-state index is -0.408. The molecule has 1 saturated carbocycles. The second-order valence-electron chi connectivity index (χ2n) is 4.70. The number of rotatable bonds is 7. The van der Waals surface area contributed by atoms with Crippen LogP contribution in [0.15, 0.2) is 0 Å². The quantitative estimate of drug-likeness (QED) is 0.701. The van der Waals surface area contributed by atoms with Crippen LogP contribution in [-0.2, 0) is 4.74 Å². The summed E-state index contributed by atoms with van der Waals surface area (Å²) in [7, 11) is 0. The SMILES string of the molecule is CCC(C)OCCC(C)(C#N)NC1CC1. The van der Waals surface area contributed by atoms with Gasteiger partial charge in [-0.1, -0.05) is 6.92 Å². The first-order chi connectivity index (χ1) is 7.09. The monoisotopic (exact) mass is 210 g/mol. The van der Waals surface area contributed by atoms with Gasteiger partial charge < -0.3 is 4.74 Å². The molecule has 15 heavy (non-hydrogen) atoms. The highest BCUT2D eigenvalue weighted by atomic mass is 16.5. The molecule has 1 aliphatic rings. The van der Waals surface area contributed by atoms with Crippen LogP contribution < -0.4 is 5.32 Å². The fourth-order valence-electron chi connectivity index (χ4n) is 1.42. The first-order valence-electron chi connectivity index (χ1n) is 5.90. The van der Waals surface area contributed by atoms with Crippen LogP contribution in [0.3, 0.4) is 0 Å². The van der Waals surface area contributed by atoms with Gasteiger partial charge in [-0.2, -0.15) is 5.26 Å². The summed E-state index contributed by atoms with van der Waals surface area (Å²) >= 11 is 0. The Kier molecular flexibility index (Phi) is 4.56. The zero-order chi connectivity index (χ0) is 11.3. The van der Waals surface area contributed by atoms with Crippen molar-refractivity contribution in [1.29, 1.82) is 5.26 Å². The molecule has 0 aromatic carbocycles. The predicted octanol–water partition coefficient (Wildman–Crippen LogP) is 2.23. The van der Waals surface area contributed by atoms with Crippen LogP contribution in [0.25, 0.3) is 0 Å². The van der Waals surface area contributed by atoms with Gasteiger partial charge in [-0.05, 0) is 33.1 Å². The van der Waals surface area contributed by atoms with Crippen LogP contribution >= 0.6 is 0 Å². The fraction of sp³-hybridized carbons (Fsp3) is 0.917. The molecule has 2 unspecified atom stereocenters. The van der Waals surface area contributed by atoms with E-state index in [0.717, 1.165) is 12.8 Å². The zero-order valence-corrected chi connectivity index (χ0v) is 10.0. The van der Waals surface area contributed by atoms with Crippen molar-refractivity contribution >= 4 is 0 Å². The summed E-state index contributed by atoms with van der Waals surface area (Å²) in [6.07, 6.45) is 4.52. The summed E-state index contributed by atoms with van der Waals surface area (Å²) < 4.78 is 5.60. The lowest BCUT2D eigenvalue weighted by Gasteiger charge is -2.23. The summed E-state index contributed by atoms with van der Waals surface area (Å²) in [5, 5.41) is 12.5. The van der Waals surface area contributed by atoms with Gasteiger partial charge in [-0.25, -0.2) is 0 Å². The number of nitrogens with zero attached hydrogens (tertiary/aromatic N) is 1. The van der Waals surface area contributed by atoms with Gasteiger partial charge in [0.05, 0.1) is 12.2 Å². The van der Waals surface area contributed by atoms with Crippen LogP contribution in [-0.4, -0.2) is 24.3 Å². The van der Waals surface area contributed by atoms with Crippen LogP contribution in [0.2, 0.25) is 0 Å². The summed E-state index contributed by atoms with van der Waals surface area (Å²) in [5.74, 6) is 0. The van der Waals surface area contributed by atoms with E-state index in [1.54, 1.807) is 0 Å². The highest BCUT2D eigenvalue weighted by molar-refractivity contribution is 5.06. The van der Waals surface area contributed by atoms with Crippen LogP contribution in [0.4, 0.5) is 0 Å². The Balaban J connectivity index is 2.23. The highest BCUT2D eigenvalue weighted by Crippen LogP contribution is 2.23. The van der Waals surface area contributed by atoms with Crippen LogP contribution in [0, 0.1) is 11.3 Å². The van der Waals surface area contributed by atoms with E-state index in [0.29, 0.717) is 18.8 Å². The van der Waals surface area contributed by atoms with Gasteiger partial charge in [-0.3, -0.25) is 5.32 Å². The number of hydrogen-bond donors (Lipinski definition) is 1. The molecule has 3 nitrogen and oxygen atoms in total. The van der Waals surface area contributed by atoms with Gasteiger partial charge >= 0.3 is 0 Å². The van der Waals surface area contributed by atoms with Gasteiger partial charge in [0.2, 0.25) is 0 Å². The van der Waals surface area contributed by atoms with Crippen molar-refractivity contribution < 1.29 is 4.74 Å².